The van der Waals surface area contributed by atoms with Gasteiger partial charge in [-0.25, -0.2) is 13.2 Å². The molecule has 2 N–H and O–H groups in total. The molecule has 4 aromatic carbocycles. The van der Waals surface area contributed by atoms with Gasteiger partial charge in [0.25, 0.3) is 10.0 Å². The lowest BCUT2D eigenvalue weighted by Crippen LogP contribution is -2.48. The molecule has 0 saturated carbocycles. The first-order valence-corrected chi connectivity index (χ1v) is 16.0. The average Bonchev–Trinajstić information content (AvgIpc) is 3.43. The van der Waals surface area contributed by atoms with Gasteiger partial charge in [0.2, 0.25) is 5.91 Å². The van der Waals surface area contributed by atoms with Crippen LogP contribution in [-0.4, -0.2) is 33.0 Å². The monoisotopic (exact) mass is 611 g/mol. The summed E-state index contributed by atoms with van der Waals surface area (Å²) >= 11 is 0. The predicted octanol–water partition coefficient (Wildman–Crippen LogP) is 6.21. The number of anilines is 2. The minimum atomic E-state index is -4.22. The Bertz CT molecular complexity index is 1720. The number of carbonyl (C=O) groups is 2. The third-order valence-electron chi connectivity index (χ3n) is 7.62. The number of fused-ring (bicyclic) bond motifs is 1. The average molecular weight is 612 g/mol. The Morgan fingerprint density at radius 1 is 0.841 bits per heavy atom. The van der Waals surface area contributed by atoms with E-state index in [1.807, 2.05) is 60.7 Å². The van der Waals surface area contributed by atoms with Gasteiger partial charge in [-0.1, -0.05) is 106 Å². The second-order valence-electron chi connectivity index (χ2n) is 11.8. The fraction of sp³-hybridized carbons (Fsp3) is 0.257. The third-order valence-corrected chi connectivity index (χ3v) is 9.44. The maximum atomic E-state index is 14.3. The molecule has 0 aliphatic carbocycles. The molecule has 1 atom stereocenters. The third kappa shape index (κ3) is 6.94. The summed E-state index contributed by atoms with van der Waals surface area (Å²) in [5.41, 5.74) is 3.83. The number of hydrogen-bond donors (Lipinski definition) is 2. The molecule has 8 nitrogen and oxygen atoms in total. The van der Waals surface area contributed by atoms with Crippen LogP contribution in [-0.2, 0) is 44.4 Å². The summed E-state index contributed by atoms with van der Waals surface area (Å²) in [6, 6.07) is 29.8. The molecule has 0 fully saturated rings. The van der Waals surface area contributed by atoms with Gasteiger partial charge in [0.1, 0.15) is 12.6 Å². The Morgan fingerprint density at radius 3 is 2.11 bits per heavy atom. The first kappa shape index (κ1) is 30.8. The second-order valence-corrected chi connectivity index (χ2v) is 13.6. The van der Waals surface area contributed by atoms with Crippen LogP contribution in [0, 0.1) is 0 Å². The Kier molecular flexibility index (Phi) is 9.06. The standard InChI is InChI=1S/C35H37N3O5S/c1-35(2,3)28-17-19-29(20-18-28)44(41,42)38-31(33(39)36-22-21-25-11-6-4-7-12-25)23-27-15-10-16-30(32(27)38)37-34(40)43-24-26-13-8-5-9-14-26/h4-20,31H,21-24H2,1-3H3,(H,36,39)(H,37,40). The number of amides is 2. The Balaban J connectivity index is 1.44. The number of nitrogens with one attached hydrogen (secondary N) is 2. The normalized spacial score (nSPS) is 14.5. The lowest BCUT2D eigenvalue weighted by atomic mass is 9.87. The van der Waals surface area contributed by atoms with Crippen molar-refractivity contribution in [1.82, 2.24) is 5.32 Å². The van der Waals surface area contributed by atoms with Crippen LogP contribution >= 0.6 is 0 Å². The summed E-state index contributed by atoms with van der Waals surface area (Å²) < 4.78 is 35.2. The van der Waals surface area contributed by atoms with Gasteiger partial charge in [-0.05, 0) is 52.3 Å². The zero-order valence-corrected chi connectivity index (χ0v) is 25.9. The molecular formula is C35H37N3O5S. The van der Waals surface area contributed by atoms with E-state index in [1.165, 1.54) is 0 Å². The highest BCUT2D eigenvalue weighted by molar-refractivity contribution is 7.93. The van der Waals surface area contributed by atoms with Gasteiger partial charge >= 0.3 is 6.09 Å². The molecule has 0 bridgehead atoms. The first-order chi connectivity index (χ1) is 21.0. The molecule has 0 radical (unpaired) electrons. The molecule has 4 aromatic rings. The molecule has 1 aliphatic heterocycles. The molecule has 0 aromatic heterocycles. The molecule has 2 amide bonds. The zero-order chi connectivity index (χ0) is 31.3. The van der Waals surface area contributed by atoms with Gasteiger partial charge in [-0.15, -0.1) is 0 Å². The van der Waals surface area contributed by atoms with Crippen molar-refractivity contribution in [3.8, 4) is 0 Å². The topological polar surface area (TPSA) is 105 Å². The summed E-state index contributed by atoms with van der Waals surface area (Å²) in [5.74, 6) is -0.412. The molecular weight excluding hydrogens is 574 g/mol. The van der Waals surface area contributed by atoms with Crippen LogP contribution in [0.15, 0.2) is 108 Å². The van der Waals surface area contributed by atoms with Crippen LogP contribution in [0.3, 0.4) is 0 Å². The smallest absolute Gasteiger partial charge is 0.412 e. The number of carbonyl (C=O) groups excluding carboxylic acids is 2. The number of hydrogen-bond acceptors (Lipinski definition) is 5. The van der Waals surface area contributed by atoms with Gasteiger partial charge in [0.05, 0.1) is 16.3 Å². The van der Waals surface area contributed by atoms with Crippen molar-refractivity contribution in [2.45, 2.75) is 56.6 Å². The predicted molar refractivity (Wildman–Crippen MR) is 172 cm³/mol. The molecule has 44 heavy (non-hydrogen) atoms. The SMILES string of the molecule is CC(C)(C)c1ccc(S(=O)(=O)N2c3c(cccc3NC(=O)OCc3ccccc3)CC2C(=O)NCCc2ccccc2)cc1. The summed E-state index contributed by atoms with van der Waals surface area (Å²) in [5, 5.41) is 5.65. The van der Waals surface area contributed by atoms with Crippen molar-refractivity contribution in [2.24, 2.45) is 0 Å². The van der Waals surface area contributed by atoms with Crippen LogP contribution in [0.5, 0.6) is 0 Å². The largest absolute Gasteiger partial charge is 0.444 e. The number of para-hydroxylation sites is 1. The van der Waals surface area contributed by atoms with Crippen molar-refractivity contribution in [1.29, 1.82) is 0 Å². The van der Waals surface area contributed by atoms with Gasteiger partial charge in [0.15, 0.2) is 0 Å². The van der Waals surface area contributed by atoms with E-state index in [9.17, 15) is 18.0 Å². The van der Waals surface area contributed by atoms with Gasteiger partial charge in [-0.2, -0.15) is 0 Å². The van der Waals surface area contributed by atoms with Crippen molar-refractivity contribution >= 4 is 33.4 Å². The van der Waals surface area contributed by atoms with E-state index >= 15 is 0 Å². The number of benzene rings is 4. The van der Waals surface area contributed by atoms with E-state index in [0.29, 0.717) is 18.5 Å². The minimum absolute atomic E-state index is 0.0519. The van der Waals surface area contributed by atoms with Crippen molar-refractivity contribution in [3.05, 3.63) is 125 Å². The summed E-state index contributed by atoms with van der Waals surface area (Å²) in [7, 11) is -4.22. The fourth-order valence-electron chi connectivity index (χ4n) is 5.25. The van der Waals surface area contributed by atoms with Crippen molar-refractivity contribution in [3.63, 3.8) is 0 Å². The highest BCUT2D eigenvalue weighted by Gasteiger charge is 2.44. The van der Waals surface area contributed by atoms with E-state index in [2.05, 4.69) is 31.4 Å². The summed E-state index contributed by atoms with van der Waals surface area (Å²) in [4.78, 5) is 26.6. The molecule has 9 heteroatoms. The second kappa shape index (κ2) is 12.9. The summed E-state index contributed by atoms with van der Waals surface area (Å²) in [6.07, 6.45) is 0.0261. The molecule has 0 saturated heterocycles. The Labute approximate surface area is 259 Å². The maximum absolute atomic E-state index is 14.3. The molecule has 228 valence electrons. The van der Waals surface area contributed by atoms with Crippen molar-refractivity contribution in [2.75, 3.05) is 16.2 Å². The van der Waals surface area contributed by atoms with E-state index in [0.717, 1.165) is 21.0 Å². The zero-order valence-electron chi connectivity index (χ0n) is 25.1. The number of ether oxygens (including phenoxy) is 1. The fourth-order valence-corrected chi connectivity index (χ4v) is 6.92. The maximum Gasteiger partial charge on any atom is 0.412 e. The van der Waals surface area contributed by atoms with E-state index < -0.39 is 28.1 Å². The van der Waals surface area contributed by atoms with Gasteiger partial charge < -0.3 is 10.1 Å². The van der Waals surface area contributed by atoms with Crippen LogP contribution in [0.25, 0.3) is 0 Å². The van der Waals surface area contributed by atoms with E-state index in [-0.39, 0.29) is 34.7 Å². The molecule has 5 rings (SSSR count). The van der Waals surface area contributed by atoms with Crippen LogP contribution in [0.4, 0.5) is 16.2 Å². The van der Waals surface area contributed by atoms with Crippen molar-refractivity contribution < 1.29 is 22.7 Å². The Hall–Kier alpha value is -4.63. The van der Waals surface area contributed by atoms with Gasteiger partial charge in [0, 0.05) is 13.0 Å². The van der Waals surface area contributed by atoms with Crippen LogP contribution < -0.4 is 14.9 Å². The van der Waals surface area contributed by atoms with Gasteiger partial charge in [-0.3, -0.25) is 14.4 Å². The highest BCUT2D eigenvalue weighted by Crippen LogP contribution is 2.42. The number of sulfonamides is 1. The minimum Gasteiger partial charge on any atom is -0.444 e. The summed E-state index contributed by atoms with van der Waals surface area (Å²) in [6.45, 7) is 6.56. The van der Waals surface area contributed by atoms with E-state index in [4.69, 9.17) is 4.74 Å². The quantitative estimate of drug-likeness (QED) is 0.234. The molecule has 1 heterocycles. The molecule has 1 unspecified atom stereocenters. The first-order valence-electron chi connectivity index (χ1n) is 14.6. The number of nitrogens with zero attached hydrogens (tertiary/aromatic N) is 1. The molecule has 0 spiro atoms. The van der Waals surface area contributed by atoms with Crippen LogP contribution in [0.2, 0.25) is 0 Å². The lowest BCUT2D eigenvalue weighted by molar-refractivity contribution is -0.122. The lowest BCUT2D eigenvalue weighted by Gasteiger charge is -2.28. The van der Waals surface area contributed by atoms with E-state index in [1.54, 1.807) is 42.5 Å². The Morgan fingerprint density at radius 2 is 1.48 bits per heavy atom. The molecule has 1 aliphatic rings. The highest BCUT2D eigenvalue weighted by atomic mass is 32.2. The van der Waals surface area contributed by atoms with Crippen LogP contribution in [0.1, 0.15) is 43.0 Å². The number of rotatable bonds is 9.